The van der Waals surface area contributed by atoms with E-state index in [1.807, 2.05) is 48.7 Å². The molecule has 0 radical (unpaired) electrons. The van der Waals surface area contributed by atoms with E-state index >= 15 is 0 Å². The van der Waals surface area contributed by atoms with Gasteiger partial charge in [-0.2, -0.15) is 0 Å². The highest BCUT2D eigenvalue weighted by atomic mass is 35.5. The summed E-state index contributed by atoms with van der Waals surface area (Å²) in [7, 11) is 0. The molecule has 0 bridgehead atoms. The van der Waals surface area contributed by atoms with Crippen molar-refractivity contribution in [3.8, 4) is 0 Å². The summed E-state index contributed by atoms with van der Waals surface area (Å²) in [4.78, 5) is 31.3. The van der Waals surface area contributed by atoms with E-state index in [9.17, 15) is 9.59 Å². The van der Waals surface area contributed by atoms with Gasteiger partial charge in [0.05, 0.1) is 6.54 Å². The molecule has 1 aromatic heterocycles. The molecule has 0 saturated carbocycles. The lowest BCUT2D eigenvalue weighted by molar-refractivity contribution is -0.129. The summed E-state index contributed by atoms with van der Waals surface area (Å²) < 4.78 is 0. The number of hydrogen-bond acceptors (Lipinski definition) is 3. The number of likely N-dealkylation sites (tertiary alicyclic amines) is 1. The van der Waals surface area contributed by atoms with Crippen molar-refractivity contribution >= 4 is 34.3 Å². The number of hydrogen-bond donors (Lipinski definition) is 3. The molecule has 2 amide bonds. The van der Waals surface area contributed by atoms with E-state index in [4.69, 9.17) is 11.6 Å². The zero-order valence-corrected chi connectivity index (χ0v) is 18.8. The Morgan fingerprint density at radius 1 is 1.00 bits per heavy atom. The van der Waals surface area contributed by atoms with Crippen molar-refractivity contribution < 1.29 is 9.59 Å². The Morgan fingerprint density at radius 3 is 2.56 bits per heavy atom. The van der Waals surface area contributed by atoms with Gasteiger partial charge in [-0.05, 0) is 49.2 Å². The molecule has 4 rings (SSSR count). The fourth-order valence-corrected chi connectivity index (χ4v) is 4.44. The fraction of sp³-hybridized carbons (Fsp3) is 0.360. The van der Waals surface area contributed by atoms with Crippen LogP contribution < -0.4 is 10.6 Å². The first-order valence-corrected chi connectivity index (χ1v) is 11.6. The Kier molecular flexibility index (Phi) is 7.45. The van der Waals surface area contributed by atoms with E-state index in [1.54, 1.807) is 6.07 Å². The molecule has 2 heterocycles. The van der Waals surface area contributed by atoms with Crippen molar-refractivity contribution in [3.05, 3.63) is 70.9 Å². The Hall–Kier alpha value is -2.83. The van der Waals surface area contributed by atoms with Gasteiger partial charge in [-0.25, -0.2) is 0 Å². The summed E-state index contributed by atoms with van der Waals surface area (Å²) in [6, 6.07) is 14.7. The molecule has 6 nitrogen and oxygen atoms in total. The predicted molar refractivity (Wildman–Crippen MR) is 128 cm³/mol. The number of H-pyrrole nitrogens is 1. The van der Waals surface area contributed by atoms with Gasteiger partial charge in [-0.15, -0.1) is 0 Å². The Morgan fingerprint density at radius 2 is 1.75 bits per heavy atom. The molecule has 1 saturated heterocycles. The van der Waals surface area contributed by atoms with Crippen LogP contribution in [-0.4, -0.2) is 47.4 Å². The van der Waals surface area contributed by atoms with Gasteiger partial charge >= 0.3 is 0 Å². The van der Waals surface area contributed by atoms with E-state index in [-0.39, 0.29) is 11.8 Å². The van der Waals surface area contributed by atoms with Crippen LogP contribution >= 0.6 is 11.6 Å². The highest BCUT2D eigenvalue weighted by molar-refractivity contribution is 6.31. The molecular formula is C25H29ClN4O2. The molecule has 0 spiro atoms. The van der Waals surface area contributed by atoms with Crippen LogP contribution in [0.1, 0.15) is 30.4 Å². The van der Waals surface area contributed by atoms with Crippen LogP contribution in [0.15, 0.2) is 54.7 Å². The van der Waals surface area contributed by atoms with Crippen LogP contribution in [0.2, 0.25) is 5.02 Å². The second-order valence-corrected chi connectivity index (χ2v) is 8.74. The highest BCUT2D eigenvalue weighted by Gasteiger charge is 2.24. The summed E-state index contributed by atoms with van der Waals surface area (Å²) >= 11 is 6.23. The molecule has 1 unspecified atom stereocenters. The number of fused-ring (bicyclic) bond motifs is 1. The number of nitrogens with zero attached hydrogens (tertiary/aromatic N) is 1. The van der Waals surface area contributed by atoms with E-state index in [2.05, 4.69) is 20.5 Å². The number of rotatable bonds is 8. The van der Waals surface area contributed by atoms with Crippen molar-refractivity contribution in [2.75, 3.05) is 19.6 Å². The van der Waals surface area contributed by atoms with Crippen LogP contribution in [0.25, 0.3) is 10.9 Å². The number of carbonyl (C=O) groups is 2. The monoisotopic (exact) mass is 452 g/mol. The van der Waals surface area contributed by atoms with Crippen LogP contribution in [-0.2, 0) is 22.6 Å². The summed E-state index contributed by atoms with van der Waals surface area (Å²) in [5, 5.41) is 7.59. The molecular weight excluding hydrogens is 424 g/mol. The third-order valence-electron chi connectivity index (χ3n) is 5.98. The van der Waals surface area contributed by atoms with Gasteiger partial charge in [0, 0.05) is 35.1 Å². The molecule has 3 aromatic rings. The number of aromatic nitrogens is 1. The number of para-hydroxylation sites is 1. The minimum atomic E-state index is -0.672. The molecule has 1 aliphatic heterocycles. The van der Waals surface area contributed by atoms with Crippen LogP contribution in [0.4, 0.5) is 0 Å². The van der Waals surface area contributed by atoms with Crippen molar-refractivity contribution in [2.45, 2.75) is 38.3 Å². The molecule has 1 fully saturated rings. The summed E-state index contributed by atoms with van der Waals surface area (Å²) in [5.74, 6) is -0.341. The maximum absolute atomic E-state index is 13.1. The molecule has 168 valence electrons. The minimum absolute atomic E-state index is 0.121. The normalized spacial score (nSPS) is 15.4. The van der Waals surface area contributed by atoms with E-state index in [0.717, 1.165) is 48.0 Å². The number of benzene rings is 2. The molecule has 7 heteroatoms. The van der Waals surface area contributed by atoms with E-state index in [1.165, 1.54) is 6.42 Å². The Balaban J connectivity index is 1.46. The number of carbonyl (C=O) groups excluding carboxylic acids is 2. The lowest BCUT2D eigenvalue weighted by atomic mass is 10.0. The van der Waals surface area contributed by atoms with Gasteiger partial charge < -0.3 is 15.6 Å². The van der Waals surface area contributed by atoms with Gasteiger partial charge in [0.1, 0.15) is 6.04 Å². The maximum Gasteiger partial charge on any atom is 0.243 e. The average molecular weight is 453 g/mol. The van der Waals surface area contributed by atoms with E-state index < -0.39 is 6.04 Å². The molecule has 2 aromatic carbocycles. The Bertz CT molecular complexity index is 1070. The maximum atomic E-state index is 13.1. The van der Waals surface area contributed by atoms with Crippen LogP contribution in [0.5, 0.6) is 0 Å². The molecule has 1 atom stereocenters. The van der Waals surface area contributed by atoms with Gasteiger partial charge in [0.2, 0.25) is 11.8 Å². The first-order valence-electron chi connectivity index (χ1n) is 11.2. The zero-order chi connectivity index (χ0) is 22.3. The quantitative estimate of drug-likeness (QED) is 0.488. The smallest absolute Gasteiger partial charge is 0.243 e. The summed E-state index contributed by atoms with van der Waals surface area (Å²) in [6.45, 7) is 2.49. The third kappa shape index (κ3) is 5.69. The largest absolute Gasteiger partial charge is 0.361 e. The standard InChI is InChI=1S/C25H29ClN4O2/c26-21-10-4-2-8-18(21)15-28-25(32)23(29-24(31)17-30-12-6-1-7-13-30)14-19-16-27-22-11-5-3-9-20(19)22/h2-5,8-11,16,23,27H,1,6-7,12-15,17H2,(H,28,32)(H,29,31). The van der Waals surface area contributed by atoms with Crippen molar-refractivity contribution in [1.29, 1.82) is 0 Å². The fourth-order valence-electron chi connectivity index (χ4n) is 4.24. The first-order chi connectivity index (χ1) is 15.6. The minimum Gasteiger partial charge on any atom is -0.361 e. The lowest BCUT2D eigenvalue weighted by Crippen LogP contribution is -2.50. The zero-order valence-electron chi connectivity index (χ0n) is 18.1. The molecule has 1 aliphatic rings. The SMILES string of the molecule is O=C(CN1CCCCC1)NC(Cc1c[nH]c2ccccc12)C(=O)NCc1ccccc1Cl. The Labute approximate surface area is 193 Å². The van der Waals surface area contributed by atoms with Crippen molar-refractivity contribution in [2.24, 2.45) is 0 Å². The lowest BCUT2D eigenvalue weighted by Gasteiger charge is -2.27. The molecule has 0 aliphatic carbocycles. The van der Waals surface area contributed by atoms with Crippen molar-refractivity contribution in [3.63, 3.8) is 0 Å². The van der Waals surface area contributed by atoms with Gasteiger partial charge in [0.15, 0.2) is 0 Å². The number of aromatic amines is 1. The molecule has 3 N–H and O–H groups in total. The van der Waals surface area contributed by atoms with Gasteiger partial charge in [0.25, 0.3) is 0 Å². The van der Waals surface area contributed by atoms with Crippen LogP contribution in [0, 0.1) is 0 Å². The topological polar surface area (TPSA) is 77.2 Å². The van der Waals surface area contributed by atoms with Gasteiger partial charge in [-0.3, -0.25) is 14.5 Å². The number of nitrogens with one attached hydrogen (secondary N) is 3. The average Bonchev–Trinajstić information content (AvgIpc) is 3.21. The molecule has 32 heavy (non-hydrogen) atoms. The number of piperidine rings is 1. The number of amides is 2. The predicted octanol–water partition coefficient (Wildman–Crippen LogP) is 3.65. The second kappa shape index (κ2) is 10.7. The van der Waals surface area contributed by atoms with Crippen molar-refractivity contribution in [1.82, 2.24) is 20.5 Å². The number of halogens is 1. The van der Waals surface area contributed by atoms with Gasteiger partial charge in [-0.1, -0.05) is 54.4 Å². The summed E-state index contributed by atoms with van der Waals surface area (Å²) in [6.07, 6.45) is 5.76. The highest BCUT2D eigenvalue weighted by Crippen LogP contribution is 2.20. The second-order valence-electron chi connectivity index (χ2n) is 8.33. The van der Waals surface area contributed by atoms with Crippen LogP contribution in [0.3, 0.4) is 0 Å². The summed E-state index contributed by atoms with van der Waals surface area (Å²) in [5.41, 5.74) is 2.85. The first kappa shape index (κ1) is 22.4. The third-order valence-corrected chi connectivity index (χ3v) is 6.35. The van der Waals surface area contributed by atoms with E-state index in [0.29, 0.717) is 24.5 Å².